The van der Waals surface area contributed by atoms with Crippen molar-refractivity contribution in [2.75, 3.05) is 26.7 Å². The number of hydrogen-bond acceptors (Lipinski definition) is 3. The Hall–Kier alpha value is -0.900. The molecule has 0 bridgehead atoms. The van der Waals surface area contributed by atoms with Crippen molar-refractivity contribution < 1.29 is 4.74 Å². The molecule has 2 N–H and O–H groups in total. The van der Waals surface area contributed by atoms with E-state index in [1.807, 2.05) is 0 Å². The zero-order valence-electron chi connectivity index (χ0n) is 12.8. The minimum Gasteiger partial charge on any atom is -0.377 e. The van der Waals surface area contributed by atoms with Crippen molar-refractivity contribution in [3.8, 4) is 0 Å². The van der Waals surface area contributed by atoms with E-state index in [1.54, 1.807) is 0 Å². The Bertz CT molecular complexity index is 384. The Kier molecular flexibility index (Phi) is 6.02. The highest BCUT2D eigenvalue weighted by Gasteiger charge is 2.15. The predicted octanol–water partition coefficient (Wildman–Crippen LogP) is 2.75. The van der Waals surface area contributed by atoms with Crippen LogP contribution in [0.15, 0.2) is 24.3 Å². The molecule has 112 valence electrons. The molecular weight excluding hydrogens is 248 g/mol. The Balaban J connectivity index is 1.82. The largest absolute Gasteiger partial charge is 0.377 e. The molecule has 0 spiro atoms. The van der Waals surface area contributed by atoms with E-state index >= 15 is 0 Å². The van der Waals surface area contributed by atoms with Gasteiger partial charge in [-0.2, -0.15) is 0 Å². The van der Waals surface area contributed by atoms with Crippen LogP contribution in [0.2, 0.25) is 0 Å². The molecule has 0 radical (unpaired) electrons. The predicted molar refractivity (Wildman–Crippen MR) is 83.8 cm³/mol. The van der Waals surface area contributed by atoms with Crippen LogP contribution in [-0.2, 0) is 11.3 Å². The first-order valence-corrected chi connectivity index (χ1v) is 7.78. The summed E-state index contributed by atoms with van der Waals surface area (Å²) in [5.74, 6) is 0.442. The van der Waals surface area contributed by atoms with Gasteiger partial charge in [0.2, 0.25) is 0 Å². The average Bonchev–Trinajstić information content (AvgIpc) is 2.48. The molecular formula is C17H28N2O. The molecule has 1 aliphatic rings. The summed E-state index contributed by atoms with van der Waals surface area (Å²) in [5, 5.41) is 0. The van der Waals surface area contributed by atoms with E-state index in [2.05, 4.69) is 43.1 Å². The lowest BCUT2D eigenvalue weighted by molar-refractivity contribution is -0.00259. The van der Waals surface area contributed by atoms with Crippen molar-refractivity contribution in [1.29, 1.82) is 0 Å². The molecule has 0 aromatic heterocycles. The van der Waals surface area contributed by atoms with Gasteiger partial charge in [-0.05, 0) is 49.9 Å². The SMILES string of the molecule is CC(CN)c1ccc(CN(C)CC2CCCCO2)cc1. The van der Waals surface area contributed by atoms with Crippen molar-refractivity contribution in [1.82, 2.24) is 4.90 Å². The molecule has 3 nitrogen and oxygen atoms in total. The third-order valence-electron chi connectivity index (χ3n) is 4.14. The smallest absolute Gasteiger partial charge is 0.0702 e. The van der Waals surface area contributed by atoms with Gasteiger partial charge in [-0.25, -0.2) is 0 Å². The van der Waals surface area contributed by atoms with Gasteiger partial charge in [-0.1, -0.05) is 31.2 Å². The first kappa shape index (κ1) is 15.5. The maximum Gasteiger partial charge on any atom is 0.0702 e. The first-order valence-electron chi connectivity index (χ1n) is 7.78. The van der Waals surface area contributed by atoms with Crippen LogP contribution >= 0.6 is 0 Å². The van der Waals surface area contributed by atoms with Gasteiger partial charge in [0, 0.05) is 19.7 Å². The Morgan fingerprint density at radius 1 is 1.30 bits per heavy atom. The summed E-state index contributed by atoms with van der Waals surface area (Å²) < 4.78 is 5.80. The molecule has 3 heteroatoms. The third kappa shape index (κ3) is 4.58. The Labute approximate surface area is 123 Å². The molecule has 1 heterocycles. The van der Waals surface area contributed by atoms with Crippen LogP contribution in [-0.4, -0.2) is 37.7 Å². The zero-order valence-corrected chi connectivity index (χ0v) is 12.8. The van der Waals surface area contributed by atoms with E-state index in [1.165, 1.54) is 30.4 Å². The van der Waals surface area contributed by atoms with Gasteiger partial charge in [0.25, 0.3) is 0 Å². The molecule has 1 saturated heterocycles. The van der Waals surface area contributed by atoms with Gasteiger partial charge in [-0.15, -0.1) is 0 Å². The fourth-order valence-electron chi connectivity index (χ4n) is 2.76. The van der Waals surface area contributed by atoms with Crippen LogP contribution in [0, 0.1) is 0 Å². The second-order valence-electron chi connectivity index (χ2n) is 6.06. The number of likely N-dealkylation sites (N-methyl/N-ethyl adjacent to an activating group) is 1. The highest BCUT2D eigenvalue weighted by molar-refractivity contribution is 5.25. The van der Waals surface area contributed by atoms with Crippen LogP contribution in [0.3, 0.4) is 0 Å². The molecule has 0 aliphatic carbocycles. The van der Waals surface area contributed by atoms with E-state index < -0.39 is 0 Å². The van der Waals surface area contributed by atoms with Gasteiger partial charge in [-0.3, -0.25) is 4.90 Å². The van der Waals surface area contributed by atoms with E-state index in [4.69, 9.17) is 10.5 Å². The van der Waals surface area contributed by atoms with Crippen molar-refractivity contribution in [2.24, 2.45) is 5.73 Å². The molecule has 20 heavy (non-hydrogen) atoms. The maximum atomic E-state index is 5.80. The second-order valence-corrected chi connectivity index (χ2v) is 6.06. The summed E-state index contributed by atoms with van der Waals surface area (Å²) >= 11 is 0. The molecule has 2 atom stereocenters. The van der Waals surface area contributed by atoms with Gasteiger partial charge < -0.3 is 10.5 Å². The van der Waals surface area contributed by atoms with E-state index in [0.29, 0.717) is 18.6 Å². The van der Waals surface area contributed by atoms with Crippen molar-refractivity contribution in [3.05, 3.63) is 35.4 Å². The lowest BCUT2D eigenvalue weighted by Gasteiger charge is -2.27. The molecule has 1 aromatic carbocycles. The van der Waals surface area contributed by atoms with Crippen LogP contribution in [0.4, 0.5) is 0 Å². The fraction of sp³-hybridized carbons (Fsp3) is 0.647. The van der Waals surface area contributed by atoms with E-state index in [-0.39, 0.29) is 0 Å². The Morgan fingerprint density at radius 2 is 2.05 bits per heavy atom. The number of ether oxygens (including phenoxy) is 1. The number of rotatable bonds is 6. The molecule has 2 unspecified atom stereocenters. The molecule has 1 aromatic rings. The summed E-state index contributed by atoms with van der Waals surface area (Å²) in [7, 11) is 2.17. The highest BCUT2D eigenvalue weighted by Crippen LogP contribution is 2.17. The standard InChI is InChI=1S/C17H28N2O/c1-14(11-18)16-8-6-15(7-9-16)12-19(2)13-17-5-3-4-10-20-17/h6-9,14,17H,3-5,10-13,18H2,1-2H3. The second kappa shape index (κ2) is 7.77. The normalized spacial score (nSPS) is 21.1. The van der Waals surface area contributed by atoms with Crippen molar-refractivity contribution in [2.45, 2.75) is 44.8 Å². The van der Waals surface area contributed by atoms with Gasteiger partial charge >= 0.3 is 0 Å². The topological polar surface area (TPSA) is 38.5 Å². The van der Waals surface area contributed by atoms with Crippen molar-refractivity contribution >= 4 is 0 Å². The van der Waals surface area contributed by atoms with Crippen LogP contribution in [0.1, 0.15) is 43.2 Å². The van der Waals surface area contributed by atoms with Gasteiger partial charge in [0.05, 0.1) is 6.10 Å². The average molecular weight is 276 g/mol. The highest BCUT2D eigenvalue weighted by atomic mass is 16.5. The third-order valence-corrected chi connectivity index (χ3v) is 4.14. The molecule has 0 saturated carbocycles. The summed E-state index contributed by atoms with van der Waals surface area (Å²) in [6.45, 7) is 5.82. The zero-order chi connectivity index (χ0) is 14.4. The summed E-state index contributed by atoms with van der Waals surface area (Å²) in [6.07, 6.45) is 4.16. The lowest BCUT2D eigenvalue weighted by Crippen LogP contribution is -2.33. The van der Waals surface area contributed by atoms with Crippen LogP contribution in [0.25, 0.3) is 0 Å². The quantitative estimate of drug-likeness (QED) is 0.868. The minimum atomic E-state index is 0.422. The van der Waals surface area contributed by atoms with Gasteiger partial charge in [0.1, 0.15) is 0 Å². The minimum absolute atomic E-state index is 0.422. The number of nitrogens with two attached hydrogens (primary N) is 1. The fourth-order valence-corrected chi connectivity index (χ4v) is 2.76. The maximum absolute atomic E-state index is 5.80. The van der Waals surface area contributed by atoms with E-state index in [0.717, 1.165) is 19.7 Å². The number of hydrogen-bond donors (Lipinski definition) is 1. The lowest BCUT2D eigenvalue weighted by atomic mass is 10.00. The van der Waals surface area contributed by atoms with Crippen molar-refractivity contribution in [3.63, 3.8) is 0 Å². The summed E-state index contributed by atoms with van der Waals surface area (Å²) in [5.41, 5.74) is 8.39. The van der Waals surface area contributed by atoms with Crippen LogP contribution in [0.5, 0.6) is 0 Å². The molecule has 2 rings (SSSR count). The molecule has 1 fully saturated rings. The molecule has 0 amide bonds. The van der Waals surface area contributed by atoms with Crippen LogP contribution < -0.4 is 5.73 Å². The Morgan fingerprint density at radius 3 is 2.65 bits per heavy atom. The summed E-state index contributed by atoms with van der Waals surface area (Å²) in [4.78, 5) is 2.36. The number of nitrogens with zero attached hydrogens (tertiary/aromatic N) is 1. The van der Waals surface area contributed by atoms with E-state index in [9.17, 15) is 0 Å². The monoisotopic (exact) mass is 276 g/mol. The first-order chi connectivity index (χ1) is 9.69. The number of benzene rings is 1. The molecule has 1 aliphatic heterocycles. The van der Waals surface area contributed by atoms with Gasteiger partial charge in [0.15, 0.2) is 0 Å². The summed E-state index contributed by atoms with van der Waals surface area (Å²) in [6, 6.07) is 8.86.